The molecule has 0 aromatic heterocycles. The molecule has 0 atom stereocenters. The van der Waals surface area contributed by atoms with Crippen molar-refractivity contribution in [2.75, 3.05) is 5.32 Å². The molecule has 0 unspecified atom stereocenters. The van der Waals surface area contributed by atoms with Crippen molar-refractivity contribution in [1.29, 1.82) is 0 Å². The van der Waals surface area contributed by atoms with Crippen LogP contribution in [0.2, 0.25) is 5.02 Å². The van der Waals surface area contributed by atoms with Gasteiger partial charge in [-0.3, -0.25) is 0 Å². The molecule has 1 aromatic carbocycles. The molecule has 0 amide bonds. The van der Waals surface area contributed by atoms with Gasteiger partial charge in [0.1, 0.15) is 0 Å². The van der Waals surface area contributed by atoms with Crippen molar-refractivity contribution in [3.05, 3.63) is 28.3 Å². The second-order valence-electron chi connectivity index (χ2n) is 2.90. The van der Waals surface area contributed by atoms with E-state index in [-0.39, 0.29) is 5.11 Å². The smallest absolute Gasteiger partial charge is 0.168 e. The maximum Gasteiger partial charge on any atom is 0.168 e. The number of benzene rings is 1. The van der Waals surface area contributed by atoms with Gasteiger partial charge in [-0.05, 0) is 49.3 Å². The van der Waals surface area contributed by atoms with Crippen molar-refractivity contribution in [2.45, 2.75) is 13.8 Å². The summed E-state index contributed by atoms with van der Waals surface area (Å²) in [7, 11) is 0. The van der Waals surface area contributed by atoms with Crippen molar-refractivity contribution in [1.82, 2.24) is 0 Å². The van der Waals surface area contributed by atoms with Crippen molar-refractivity contribution >= 4 is 34.6 Å². The summed E-state index contributed by atoms with van der Waals surface area (Å²) in [5.41, 5.74) is 8.41. The number of rotatable bonds is 1. The number of thiocarbonyl (C=S) groups is 1. The molecule has 0 aliphatic rings. The molecule has 0 spiro atoms. The first-order chi connectivity index (χ1) is 6.00. The summed E-state index contributed by atoms with van der Waals surface area (Å²) < 4.78 is 0. The third kappa shape index (κ3) is 2.57. The zero-order valence-corrected chi connectivity index (χ0v) is 9.09. The Kier molecular flexibility index (Phi) is 3.12. The highest BCUT2D eigenvalue weighted by Gasteiger charge is 2.03. The summed E-state index contributed by atoms with van der Waals surface area (Å²) in [5, 5.41) is 3.92. The molecule has 1 rings (SSSR count). The van der Waals surface area contributed by atoms with Crippen LogP contribution < -0.4 is 11.1 Å². The molecule has 0 heterocycles. The fourth-order valence-corrected chi connectivity index (χ4v) is 1.66. The average molecular weight is 215 g/mol. The fourth-order valence-electron chi connectivity index (χ4n) is 1.23. The highest BCUT2D eigenvalue weighted by molar-refractivity contribution is 7.80. The van der Waals surface area contributed by atoms with E-state index in [9.17, 15) is 0 Å². The summed E-state index contributed by atoms with van der Waals surface area (Å²) in [6, 6.07) is 3.74. The van der Waals surface area contributed by atoms with Gasteiger partial charge in [0.25, 0.3) is 0 Å². The zero-order chi connectivity index (χ0) is 10.0. The summed E-state index contributed by atoms with van der Waals surface area (Å²) in [6.45, 7) is 3.92. The van der Waals surface area contributed by atoms with E-state index in [0.717, 1.165) is 21.8 Å². The van der Waals surface area contributed by atoms with Gasteiger partial charge in [-0.25, -0.2) is 0 Å². The molecule has 1 aromatic rings. The maximum absolute atomic E-state index is 5.87. The third-order valence-electron chi connectivity index (χ3n) is 1.75. The van der Waals surface area contributed by atoms with Gasteiger partial charge >= 0.3 is 0 Å². The lowest BCUT2D eigenvalue weighted by Crippen LogP contribution is -2.20. The van der Waals surface area contributed by atoms with Gasteiger partial charge in [0.15, 0.2) is 5.11 Å². The summed E-state index contributed by atoms with van der Waals surface area (Å²) >= 11 is 10.6. The number of nitrogens with one attached hydrogen (secondary N) is 1. The molecular weight excluding hydrogens is 204 g/mol. The van der Waals surface area contributed by atoms with E-state index < -0.39 is 0 Å². The summed E-state index contributed by atoms with van der Waals surface area (Å²) in [5.74, 6) is 0. The van der Waals surface area contributed by atoms with E-state index >= 15 is 0 Å². The van der Waals surface area contributed by atoms with Gasteiger partial charge < -0.3 is 11.1 Å². The van der Waals surface area contributed by atoms with Crippen molar-refractivity contribution in [3.8, 4) is 0 Å². The number of hydrogen-bond acceptors (Lipinski definition) is 1. The van der Waals surface area contributed by atoms with E-state index in [1.54, 1.807) is 0 Å². The highest BCUT2D eigenvalue weighted by atomic mass is 35.5. The Morgan fingerprint density at radius 2 is 1.85 bits per heavy atom. The van der Waals surface area contributed by atoms with E-state index in [1.807, 2.05) is 26.0 Å². The topological polar surface area (TPSA) is 38.0 Å². The van der Waals surface area contributed by atoms with Crippen molar-refractivity contribution < 1.29 is 0 Å². The monoisotopic (exact) mass is 214 g/mol. The molecule has 0 radical (unpaired) electrons. The SMILES string of the molecule is Cc1cc(Cl)cc(C)c1NC(N)=S. The van der Waals surface area contributed by atoms with Gasteiger partial charge in [0, 0.05) is 10.7 Å². The molecule has 0 saturated heterocycles. The Labute approximate surface area is 88.1 Å². The lowest BCUT2D eigenvalue weighted by molar-refractivity contribution is 1.37. The van der Waals surface area contributed by atoms with E-state index in [4.69, 9.17) is 29.6 Å². The fraction of sp³-hybridized carbons (Fsp3) is 0.222. The predicted molar refractivity (Wildman–Crippen MR) is 61.3 cm³/mol. The standard InChI is InChI=1S/C9H11ClN2S/c1-5-3-7(10)4-6(2)8(5)12-9(11)13/h3-4H,1-2H3,(H3,11,12,13). The van der Waals surface area contributed by atoms with E-state index in [1.165, 1.54) is 0 Å². The van der Waals surface area contributed by atoms with Gasteiger partial charge in [0.2, 0.25) is 0 Å². The maximum atomic E-state index is 5.87. The molecule has 0 saturated carbocycles. The molecule has 0 fully saturated rings. The minimum atomic E-state index is 0.272. The molecule has 70 valence electrons. The minimum absolute atomic E-state index is 0.272. The van der Waals surface area contributed by atoms with E-state index in [0.29, 0.717) is 0 Å². The lowest BCUT2D eigenvalue weighted by Gasteiger charge is -2.11. The normalized spacial score (nSPS) is 9.77. The Balaban J connectivity index is 3.13. The van der Waals surface area contributed by atoms with Crippen LogP contribution in [-0.4, -0.2) is 5.11 Å². The van der Waals surface area contributed by atoms with Crippen LogP contribution in [0.1, 0.15) is 11.1 Å². The first-order valence-corrected chi connectivity index (χ1v) is 4.62. The Morgan fingerprint density at radius 1 is 1.38 bits per heavy atom. The number of halogens is 1. The van der Waals surface area contributed by atoms with E-state index in [2.05, 4.69) is 5.32 Å². The molecule has 0 aliphatic carbocycles. The molecular formula is C9H11ClN2S. The lowest BCUT2D eigenvalue weighted by atomic mass is 10.1. The third-order valence-corrected chi connectivity index (χ3v) is 2.07. The second kappa shape index (κ2) is 3.94. The second-order valence-corrected chi connectivity index (χ2v) is 3.78. The Morgan fingerprint density at radius 3 is 2.23 bits per heavy atom. The van der Waals surface area contributed by atoms with Crippen LogP contribution >= 0.6 is 23.8 Å². The first-order valence-electron chi connectivity index (χ1n) is 3.84. The number of hydrogen-bond donors (Lipinski definition) is 2. The highest BCUT2D eigenvalue weighted by Crippen LogP contribution is 2.24. The van der Waals surface area contributed by atoms with Crippen LogP contribution in [-0.2, 0) is 0 Å². The molecule has 13 heavy (non-hydrogen) atoms. The molecule has 0 aliphatic heterocycles. The Hall–Kier alpha value is -0.800. The van der Waals surface area contributed by atoms with Crippen LogP contribution in [0.3, 0.4) is 0 Å². The van der Waals surface area contributed by atoms with Gasteiger partial charge in [0.05, 0.1) is 0 Å². The Bertz CT molecular complexity index is 326. The number of nitrogens with two attached hydrogens (primary N) is 1. The molecule has 3 N–H and O–H groups in total. The van der Waals surface area contributed by atoms with Crippen LogP contribution in [0, 0.1) is 13.8 Å². The predicted octanol–water partition coefficient (Wildman–Crippen LogP) is 2.61. The average Bonchev–Trinajstić information content (AvgIpc) is 1.96. The van der Waals surface area contributed by atoms with Crippen LogP contribution in [0.25, 0.3) is 0 Å². The van der Waals surface area contributed by atoms with Gasteiger partial charge in [-0.1, -0.05) is 11.6 Å². The molecule has 2 nitrogen and oxygen atoms in total. The van der Waals surface area contributed by atoms with Crippen LogP contribution in [0.15, 0.2) is 12.1 Å². The zero-order valence-electron chi connectivity index (χ0n) is 7.52. The van der Waals surface area contributed by atoms with Crippen LogP contribution in [0.5, 0.6) is 0 Å². The molecule has 4 heteroatoms. The summed E-state index contributed by atoms with van der Waals surface area (Å²) in [4.78, 5) is 0. The van der Waals surface area contributed by atoms with Gasteiger partial charge in [-0.15, -0.1) is 0 Å². The molecule has 0 bridgehead atoms. The van der Waals surface area contributed by atoms with Gasteiger partial charge in [-0.2, -0.15) is 0 Å². The van der Waals surface area contributed by atoms with Crippen LogP contribution in [0.4, 0.5) is 5.69 Å². The summed E-state index contributed by atoms with van der Waals surface area (Å²) in [6.07, 6.45) is 0. The quantitative estimate of drug-likeness (QED) is 0.706. The van der Waals surface area contributed by atoms with Crippen molar-refractivity contribution in [3.63, 3.8) is 0 Å². The number of aryl methyl sites for hydroxylation is 2. The minimum Gasteiger partial charge on any atom is -0.376 e. The number of anilines is 1. The first kappa shape index (κ1) is 10.3. The van der Waals surface area contributed by atoms with Crippen molar-refractivity contribution in [2.24, 2.45) is 5.73 Å². The largest absolute Gasteiger partial charge is 0.376 e.